The van der Waals surface area contributed by atoms with Crippen molar-refractivity contribution in [2.75, 3.05) is 16.4 Å². The fourth-order valence-corrected chi connectivity index (χ4v) is 5.34. The predicted molar refractivity (Wildman–Crippen MR) is 135 cm³/mol. The van der Waals surface area contributed by atoms with Crippen molar-refractivity contribution in [3.8, 4) is 0 Å². The van der Waals surface area contributed by atoms with Crippen LogP contribution in [-0.4, -0.2) is 21.9 Å². The summed E-state index contributed by atoms with van der Waals surface area (Å²) in [4.78, 5) is 14.7. The molecular formula is C24H22N4OS3. The molecule has 0 radical (unpaired) electrons. The van der Waals surface area contributed by atoms with Gasteiger partial charge in [-0.3, -0.25) is 4.79 Å². The molecule has 4 rings (SSSR count). The Morgan fingerprint density at radius 3 is 2.53 bits per heavy atom. The van der Waals surface area contributed by atoms with Crippen LogP contribution in [0.3, 0.4) is 0 Å². The molecule has 1 aromatic heterocycles. The maximum absolute atomic E-state index is 12.6. The molecule has 0 atom stereocenters. The number of anilines is 3. The summed E-state index contributed by atoms with van der Waals surface area (Å²) in [6, 6.07) is 24.1. The smallest absolute Gasteiger partial charge is 0.234 e. The van der Waals surface area contributed by atoms with E-state index in [0.29, 0.717) is 5.13 Å². The molecule has 3 aromatic carbocycles. The number of benzene rings is 3. The van der Waals surface area contributed by atoms with E-state index in [2.05, 4.69) is 58.9 Å². The van der Waals surface area contributed by atoms with Crippen LogP contribution in [0.1, 0.15) is 11.1 Å². The molecule has 0 aliphatic heterocycles. The second kappa shape index (κ2) is 10.7. The third-order valence-corrected chi connectivity index (χ3v) is 7.68. The van der Waals surface area contributed by atoms with E-state index in [0.717, 1.165) is 25.5 Å². The highest BCUT2D eigenvalue weighted by Gasteiger charge is 2.11. The Balaban J connectivity index is 1.32. The number of rotatable bonds is 8. The number of carbonyl (C=O) groups is 1. The van der Waals surface area contributed by atoms with Crippen LogP contribution in [0.25, 0.3) is 0 Å². The molecule has 1 amide bonds. The monoisotopic (exact) mass is 478 g/mol. The maximum Gasteiger partial charge on any atom is 0.234 e. The van der Waals surface area contributed by atoms with Crippen molar-refractivity contribution in [2.24, 2.45) is 0 Å². The minimum atomic E-state index is -0.0741. The molecule has 1 heterocycles. The van der Waals surface area contributed by atoms with Gasteiger partial charge in [-0.1, -0.05) is 71.3 Å². The Morgan fingerprint density at radius 1 is 0.938 bits per heavy atom. The third kappa shape index (κ3) is 6.12. The largest absolute Gasteiger partial charge is 0.330 e. The number of para-hydroxylation sites is 1. The first-order chi connectivity index (χ1) is 15.6. The van der Waals surface area contributed by atoms with Crippen LogP contribution in [-0.2, 0) is 4.79 Å². The first-order valence-corrected chi connectivity index (χ1v) is 12.6. The molecule has 32 heavy (non-hydrogen) atoms. The number of aromatic nitrogens is 2. The topological polar surface area (TPSA) is 66.9 Å². The number of aryl methyl sites for hydroxylation is 2. The number of hydrogen-bond acceptors (Lipinski definition) is 7. The molecule has 0 saturated heterocycles. The SMILES string of the molecule is Cc1ccc(Nc2nnc(SCC(=O)Nc3ccccc3Sc3ccccc3)s2)cc1C. The van der Waals surface area contributed by atoms with E-state index in [1.54, 1.807) is 11.8 Å². The van der Waals surface area contributed by atoms with Gasteiger partial charge in [0.05, 0.1) is 11.4 Å². The Morgan fingerprint density at radius 2 is 1.72 bits per heavy atom. The third-order valence-electron chi connectivity index (χ3n) is 4.62. The number of nitrogens with zero attached hydrogens (tertiary/aromatic N) is 2. The van der Waals surface area contributed by atoms with Crippen molar-refractivity contribution in [2.45, 2.75) is 28.0 Å². The van der Waals surface area contributed by atoms with Gasteiger partial charge >= 0.3 is 0 Å². The summed E-state index contributed by atoms with van der Waals surface area (Å²) < 4.78 is 0.749. The van der Waals surface area contributed by atoms with Gasteiger partial charge in [0.1, 0.15) is 0 Å². The maximum atomic E-state index is 12.6. The number of amides is 1. The van der Waals surface area contributed by atoms with Gasteiger partial charge in [0.15, 0.2) is 4.34 Å². The van der Waals surface area contributed by atoms with Gasteiger partial charge in [-0.15, -0.1) is 10.2 Å². The lowest BCUT2D eigenvalue weighted by molar-refractivity contribution is -0.113. The quantitative estimate of drug-likeness (QED) is 0.272. The fourth-order valence-electron chi connectivity index (χ4n) is 2.85. The van der Waals surface area contributed by atoms with Gasteiger partial charge in [-0.2, -0.15) is 0 Å². The number of carbonyl (C=O) groups excluding carboxylic acids is 1. The zero-order valence-electron chi connectivity index (χ0n) is 17.7. The normalized spacial score (nSPS) is 10.7. The Hall–Kier alpha value is -2.81. The molecule has 0 unspecified atom stereocenters. The van der Waals surface area contributed by atoms with E-state index in [1.807, 2.05) is 48.5 Å². The molecule has 0 saturated carbocycles. The minimum absolute atomic E-state index is 0.0741. The van der Waals surface area contributed by atoms with E-state index < -0.39 is 0 Å². The van der Waals surface area contributed by atoms with E-state index >= 15 is 0 Å². The summed E-state index contributed by atoms with van der Waals surface area (Å²) >= 11 is 4.44. The molecule has 2 N–H and O–H groups in total. The van der Waals surface area contributed by atoms with Gasteiger partial charge < -0.3 is 10.6 Å². The number of thioether (sulfide) groups is 1. The summed E-state index contributed by atoms with van der Waals surface area (Å²) in [5.41, 5.74) is 4.25. The Labute approximate surface area is 200 Å². The standard InChI is InChI=1S/C24H22N4OS3/c1-16-12-13-18(14-17(16)2)25-23-27-28-24(32-23)30-15-22(29)26-20-10-6-7-11-21(20)31-19-8-4-3-5-9-19/h3-14H,15H2,1-2H3,(H,25,27)(H,26,29). The number of nitrogens with one attached hydrogen (secondary N) is 2. The molecule has 162 valence electrons. The molecular weight excluding hydrogens is 456 g/mol. The van der Waals surface area contributed by atoms with Gasteiger partial charge in [-0.05, 0) is 61.4 Å². The molecule has 0 aliphatic rings. The van der Waals surface area contributed by atoms with Gasteiger partial charge in [-0.25, -0.2) is 0 Å². The van der Waals surface area contributed by atoms with Crippen LogP contribution in [0.4, 0.5) is 16.5 Å². The van der Waals surface area contributed by atoms with Crippen molar-refractivity contribution in [1.29, 1.82) is 0 Å². The molecule has 0 aliphatic carbocycles. The van der Waals surface area contributed by atoms with Gasteiger partial charge in [0.25, 0.3) is 0 Å². The van der Waals surface area contributed by atoms with Crippen LogP contribution in [0, 0.1) is 13.8 Å². The van der Waals surface area contributed by atoms with Crippen LogP contribution in [0.5, 0.6) is 0 Å². The molecule has 0 fully saturated rings. The summed E-state index contributed by atoms with van der Waals surface area (Å²) in [6.45, 7) is 4.17. The van der Waals surface area contributed by atoms with E-state index in [4.69, 9.17) is 0 Å². The average Bonchev–Trinajstić information content (AvgIpc) is 3.24. The van der Waals surface area contributed by atoms with E-state index in [1.165, 1.54) is 34.2 Å². The van der Waals surface area contributed by atoms with Crippen molar-refractivity contribution in [3.05, 3.63) is 83.9 Å². The lowest BCUT2D eigenvalue weighted by Crippen LogP contribution is -2.14. The highest BCUT2D eigenvalue weighted by atomic mass is 32.2. The van der Waals surface area contributed by atoms with Crippen molar-refractivity contribution in [3.63, 3.8) is 0 Å². The summed E-state index contributed by atoms with van der Waals surface area (Å²) in [5, 5.41) is 15.4. The van der Waals surface area contributed by atoms with Crippen LogP contribution in [0.15, 0.2) is 86.9 Å². The van der Waals surface area contributed by atoms with Gasteiger partial charge in [0.2, 0.25) is 11.0 Å². The van der Waals surface area contributed by atoms with Gasteiger partial charge in [0, 0.05) is 15.5 Å². The Bertz CT molecular complexity index is 1210. The molecule has 5 nitrogen and oxygen atoms in total. The average molecular weight is 479 g/mol. The molecule has 0 spiro atoms. The summed E-state index contributed by atoms with van der Waals surface area (Å²) in [5.74, 6) is 0.192. The van der Waals surface area contributed by atoms with Crippen LogP contribution < -0.4 is 10.6 Å². The minimum Gasteiger partial charge on any atom is -0.330 e. The zero-order chi connectivity index (χ0) is 22.3. The second-order valence-corrected chi connectivity index (χ2v) is 10.4. The molecule has 8 heteroatoms. The predicted octanol–water partition coefficient (Wildman–Crippen LogP) is 6.78. The summed E-state index contributed by atoms with van der Waals surface area (Å²) in [6.07, 6.45) is 0. The highest BCUT2D eigenvalue weighted by molar-refractivity contribution is 8.01. The Kier molecular flexibility index (Phi) is 7.47. The summed E-state index contributed by atoms with van der Waals surface area (Å²) in [7, 11) is 0. The van der Waals surface area contributed by atoms with Crippen LogP contribution in [0.2, 0.25) is 0 Å². The lowest BCUT2D eigenvalue weighted by Gasteiger charge is -2.10. The first-order valence-electron chi connectivity index (χ1n) is 9.99. The van der Waals surface area contributed by atoms with E-state index in [-0.39, 0.29) is 11.7 Å². The van der Waals surface area contributed by atoms with Crippen molar-refractivity contribution < 1.29 is 4.79 Å². The van der Waals surface area contributed by atoms with Crippen molar-refractivity contribution >= 4 is 57.3 Å². The van der Waals surface area contributed by atoms with Crippen LogP contribution >= 0.6 is 34.9 Å². The molecule has 0 bridgehead atoms. The highest BCUT2D eigenvalue weighted by Crippen LogP contribution is 2.33. The first kappa shape index (κ1) is 22.4. The number of hydrogen-bond donors (Lipinski definition) is 2. The molecule has 4 aromatic rings. The van der Waals surface area contributed by atoms with Crippen molar-refractivity contribution in [1.82, 2.24) is 10.2 Å². The zero-order valence-corrected chi connectivity index (χ0v) is 20.1. The second-order valence-electron chi connectivity index (χ2n) is 7.05. The lowest BCUT2D eigenvalue weighted by atomic mass is 10.1. The van der Waals surface area contributed by atoms with E-state index in [9.17, 15) is 4.79 Å². The fraction of sp³-hybridized carbons (Fsp3) is 0.125.